The quantitative estimate of drug-likeness (QED) is 0.268. The first-order valence-corrected chi connectivity index (χ1v) is 11.6. The molecule has 35 heavy (non-hydrogen) atoms. The maximum absolute atomic E-state index is 13.1. The zero-order valence-corrected chi connectivity index (χ0v) is 19.2. The Morgan fingerprint density at radius 3 is 2.77 bits per heavy atom. The fourth-order valence-corrected chi connectivity index (χ4v) is 5.00. The van der Waals surface area contributed by atoms with E-state index in [1.165, 1.54) is 24.3 Å². The third kappa shape index (κ3) is 3.65. The van der Waals surface area contributed by atoms with Crippen molar-refractivity contribution in [1.29, 1.82) is 0 Å². The topological polar surface area (TPSA) is 111 Å². The molecule has 0 bridgehead atoms. The number of nitrogens with one attached hydrogen (secondary N) is 1. The summed E-state index contributed by atoms with van der Waals surface area (Å²) < 4.78 is 17.9. The van der Waals surface area contributed by atoms with Crippen molar-refractivity contribution in [3.05, 3.63) is 76.9 Å². The summed E-state index contributed by atoms with van der Waals surface area (Å²) >= 11 is 0. The second-order valence-electron chi connectivity index (χ2n) is 8.83. The minimum atomic E-state index is -1.48. The molecule has 0 saturated carbocycles. The highest BCUT2D eigenvalue weighted by molar-refractivity contribution is 5.98. The molecule has 1 amide bonds. The van der Waals surface area contributed by atoms with Crippen LogP contribution in [-0.4, -0.2) is 29.2 Å². The summed E-state index contributed by atoms with van der Waals surface area (Å²) in [5.74, 6) is -0.185. The zero-order valence-electron chi connectivity index (χ0n) is 19.2. The van der Waals surface area contributed by atoms with Gasteiger partial charge in [0.15, 0.2) is 5.60 Å². The maximum atomic E-state index is 13.1. The molecule has 0 saturated heterocycles. The Balaban J connectivity index is 1.62. The number of hydrogen-bond acceptors (Lipinski definition) is 7. The van der Waals surface area contributed by atoms with E-state index in [9.17, 15) is 19.5 Å². The smallest absolute Gasteiger partial charge is 0.339 e. The molecule has 8 heteroatoms. The third-order valence-electron chi connectivity index (χ3n) is 6.59. The highest BCUT2D eigenvalue weighted by Crippen LogP contribution is 2.58. The minimum Gasteiger partial charge on any atom is -0.508 e. The Morgan fingerprint density at radius 1 is 1.17 bits per heavy atom. The normalized spacial score (nSPS) is 23.6. The van der Waals surface area contributed by atoms with Crippen LogP contribution < -0.4 is 10.1 Å². The molecule has 2 aromatic rings. The summed E-state index contributed by atoms with van der Waals surface area (Å²) in [6.45, 7) is 2.04. The van der Waals surface area contributed by atoms with Gasteiger partial charge < -0.3 is 24.6 Å². The first-order valence-electron chi connectivity index (χ1n) is 11.6. The van der Waals surface area contributed by atoms with Crippen LogP contribution in [0.4, 0.5) is 0 Å². The van der Waals surface area contributed by atoms with Gasteiger partial charge in [-0.3, -0.25) is 9.59 Å². The van der Waals surface area contributed by atoms with Gasteiger partial charge in [0.25, 0.3) is 0 Å². The molecule has 1 spiro atoms. The molecule has 2 heterocycles. The lowest BCUT2D eigenvalue weighted by molar-refractivity contribution is -0.159. The lowest BCUT2D eigenvalue weighted by Crippen LogP contribution is -2.50. The molecule has 0 aromatic heterocycles. The monoisotopic (exact) mass is 475 g/mol. The van der Waals surface area contributed by atoms with E-state index in [0.717, 1.165) is 12.8 Å². The number of amides is 1. The average Bonchev–Trinajstić information content (AvgIpc) is 3.11. The third-order valence-corrected chi connectivity index (χ3v) is 6.59. The van der Waals surface area contributed by atoms with Crippen molar-refractivity contribution < 1.29 is 33.7 Å². The second-order valence-corrected chi connectivity index (χ2v) is 8.83. The van der Waals surface area contributed by atoms with E-state index in [1.54, 1.807) is 24.3 Å². The molecule has 3 aliphatic rings. The van der Waals surface area contributed by atoms with Gasteiger partial charge in [0.2, 0.25) is 12.1 Å². The number of ether oxygens (including phenoxy) is 3. The van der Waals surface area contributed by atoms with Gasteiger partial charge in [0.05, 0.1) is 5.57 Å². The largest absolute Gasteiger partial charge is 0.508 e. The molecule has 180 valence electrons. The van der Waals surface area contributed by atoms with E-state index in [-0.39, 0.29) is 18.6 Å². The molecule has 2 N–H and O–H groups in total. The summed E-state index contributed by atoms with van der Waals surface area (Å²) in [6, 6.07) is 11.8. The van der Waals surface area contributed by atoms with Gasteiger partial charge in [-0.15, -0.1) is 0 Å². The number of rotatable bonds is 7. The van der Waals surface area contributed by atoms with Gasteiger partial charge in [-0.25, -0.2) is 4.79 Å². The zero-order chi connectivity index (χ0) is 24.6. The molecule has 1 aliphatic carbocycles. The van der Waals surface area contributed by atoms with E-state index < -0.39 is 23.3 Å². The summed E-state index contributed by atoms with van der Waals surface area (Å²) in [7, 11) is 0. The van der Waals surface area contributed by atoms with Crippen LogP contribution in [0.5, 0.6) is 17.2 Å². The van der Waals surface area contributed by atoms with Crippen molar-refractivity contribution >= 4 is 18.3 Å². The Kier molecular flexibility index (Phi) is 5.59. The predicted molar refractivity (Wildman–Crippen MR) is 124 cm³/mol. The molecule has 8 nitrogen and oxygen atoms in total. The number of phenols is 1. The van der Waals surface area contributed by atoms with Crippen LogP contribution in [0.3, 0.4) is 0 Å². The number of phenolic OH excluding ortho intramolecular Hbond substituents is 1. The number of benzene rings is 2. The van der Waals surface area contributed by atoms with Crippen molar-refractivity contribution in [1.82, 2.24) is 5.32 Å². The van der Waals surface area contributed by atoms with Crippen LogP contribution in [0.1, 0.15) is 50.2 Å². The predicted octanol–water partition coefficient (Wildman–Crippen LogP) is 4.12. The minimum absolute atomic E-state index is 0.00155. The molecular formula is C27H25NO7. The molecule has 2 aliphatic heterocycles. The number of esters is 2. The van der Waals surface area contributed by atoms with Gasteiger partial charge in [0, 0.05) is 35.6 Å². The van der Waals surface area contributed by atoms with E-state index >= 15 is 0 Å². The van der Waals surface area contributed by atoms with E-state index in [0.29, 0.717) is 46.6 Å². The van der Waals surface area contributed by atoms with Gasteiger partial charge in [0.1, 0.15) is 17.2 Å². The molecular weight excluding hydrogens is 450 g/mol. The standard InChI is InChI=1S/C27H25NO7/c1-2-3-4-9-24(31)34-26(28-16-29)13-12-18-21(15-26)27(35-25(18)32)19-7-5-6-8-22(19)33-23-14-17(30)10-11-20(23)27/h5-8,10-14,16,30H,2-4,9,15H2,1H3,(H,28,29). The first kappa shape index (κ1) is 22.7. The Bertz CT molecular complexity index is 1280. The van der Waals surface area contributed by atoms with Crippen molar-refractivity contribution in [2.75, 3.05) is 0 Å². The van der Waals surface area contributed by atoms with Crippen molar-refractivity contribution in [2.45, 2.75) is 50.4 Å². The summed E-state index contributed by atoms with van der Waals surface area (Å²) in [6.07, 6.45) is 6.26. The van der Waals surface area contributed by atoms with Gasteiger partial charge >= 0.3 is 11.9 Å². The van der Waals surface area contributed by atoms with Crippen LogP contribution in [0, 0.1) is 0 Å². The number of carbonyl (C=O) groups excluding carboxylic acids is 3. The Morgan fingerprint density at radius 2 is 1.97 bits per heavy atom. The molecule has 0 radical (unpaired) electrons. The fraction of sp³-hybridized carbons (Fsp3) is 0.296. The molecule has 2 unspecified atom stereocenters. The van der Waals surface area contributed by atoms with Crippen molar-refractivity contribution in [2.24, 2.45) is 0 Å². The molecule has 5 rings (SSSR count). The number of para-hydroxylation sites is 1. The van der Waals surface area contributed by atoms with Crippen LogP contribution in [0.25, 0.3) is 0 Å². The van der Waals surface area contributed by atoms with Gasteiger partial charge in [-0.05, 0) is 36.8 Å². The Hall–Kier alpha value is -4.07. The average molecular weight is 475 g/mol. The van der Waals surface area contributed by atoms with E-state index in [1.807, 2.05) is 13.0 Å². The highest BCUT2D eigenvalue weighted by atomic mass is 16.6. The van der Waals surface area contributed by atoms with Gasteiger partial charge in [-0.1, -0.05) is 38.0 Å². The fourth-order valence-electron chi connectivity index (χ4n) is 5.00. The number of unbranched alkanes of at least 4 members (excludes halogenated alkanes) is 2. The summed E-state index contributed by atoms with van der Waals surface area (Å²) in [5, 5.41) is 12.7. The van der Waals surface area contributed by atoms with Crippen LogP contribution >= 0.6 is 0 Å². The second kappa shape index (κ2) is 8.61. The van der Waals surface area contributed by atoms with Crippen LogP contribution in [-0.2, 0) is 29.5 Å². The number of aromatic hydroxyl groups is 1. The number of fused-ring (bicyclic) bond motifs is 5. The maximum Gasteiger partial charge on any atom is 0.339 e. The first-order chi connectivity index (χ1) is 16.9. The lowest BCUT2D eigenvalue weighted by Gasteiger charge is -2.41. The van der Waals surface area contributed by atoms with Crippen LogP contribution in [0.2, 0.25) is 0 Å². The number of hydrogen-bond donors (Lipinski definition) is 2. The molecule has 0 fully saturated rings. The lowest BCUT2D eigenvalue weighted by atomic mass is 9.73. The van der Waals surface area contributed by atoms with Gasteiger partial charge in [-0.2, -0.15) is 0 Å². The summed E-state index contributed by atoms with van der Waals surface area (Å²) in [4.78, 5) is 37.3. The number of carbonyl (C=O) groups is 3. The summed E-state index contributed by atoms with van der Waals surface area (Å²) in [5.41, 5.74) is -0.873. The van der Waals surface area contributed by atoms with E-state index in [4.69, 9.17) is 14.2 Å². The molecule has 2 atom stereocenters. The van der Waals surface area contributed by atoms with E-state index in [2.05, 4.69) is 5.32 Å². The molecule has 2 aromatic carbocycles. The van der Waals surface area contributed by atoms with Crippen molar-refractivity contribution in [3.63, 3.8) is 0 Å². The highest BCUT2D eigenvalue weighted by Gasteiger charge is 2.57. The van der Waals surface area contributed by atoms with Crippen LogP contribution in [0.15, 0.2) is 65.8 Å². The SMILES string of the molecule is CCCCCC(=O)OC1(NC=O)C=CC2=C(C1)C1(OC2=O)c2ccccc2Oc2cc(O)ccc21. The Labute approximate surface area is 202 Å². The van der Waals surface area contributed by atoms with Crippen molar-refractivity contribution in [3.8, 4) is 17.2 Å².